The first-order valence-electron chi connectivity index (χ1n) is 9.36. The van der Waals surface area contributed by atoms with Crippen LogP contribution in [0.25, 0.3) is 22.6 Å². The molecule has 0 fully saturated rings. The van der Waals surface area contributed by atoms with Crippen molar-refractivity contribution in [1.29, 1.82) is 0 Å². The van der Waals surface area contributed by atoms with Crippen molar-refractivity contribution in [1.82, 2.24) is 4.98 Å². The molecule has 3 nitrogen and oxygen atoms in total. The maximum atomic E-state index is 14.1. The highest BCUT2D eigenvalue weighted by molar-refractivity contribution is 6.38. The first kappa shape index (κ1) is 19.2. The number of nitrogens with zero attached hydrogens (tertiary/aromatic N) is 2. The highest BCUT2D eigenvalue weighted by atomic mass is 35.5. The van der Waals surface area contributed by atoms with Crippen molar-refractivity contribution in [3.63, 3.8) is 0 Å². The van der Waals surface area contributed by atoms with Gasteiger partial charge >= 0.3 is 0 Å². The second kappa shape index (κ2) is 7.49. The molecule has 0 amide bonds. The molecule has 0 spiro atoms. The number of fused-ring (bicyclic) bond motifs is 1. The molecule has 7 heteroatoms. The van der Waals surface area contributed by atoms with E-state index in [0.29, 0.717) is 45.6 Å². The molecule has 0 saturated carbocycles. The van der Waals surface area contributed by atoms with Gasteiger partial charge in [0.25, 0.3) is 0 Å². The van der Waals surface area contributed by atoms with Crippen molar-refractivity contribution in [2.75, 3.05) is 0 Å². The van der Waals surface area contributed by atoms with E-state index in [9.17, 15) is 8.78 Å². The van der Waals surface area contributed by atoms with Crippen LogP contribution < -0.4 is 0 Å². The van der Waals surface area contributed by atoms with Gasteiger partial charge in [-0.05, 0) is 54.8 Å². The molecule has 1 aliphatic rings. The van der Waals surface area contributed by atoms with Gasteiger partial charge in [-0.15, -0.1) is 0 Å². The summed E-state index contributed by atoms with van der Waals surface area (Å²) in [4.78, 5) is 9.03. The summed E-state index contributed by atoms with van der Waals surface area (Å²) in [6.07, 6.45) is 1.22. The summed E-state index contributed by atoms with van der Waals surface area (Å²) in [6.45, 7) is 0. The Labute approximate surface area is 181 Å². The van der Waals surface area contributed by atoms with Crippen molar-refractivity contribution in [2.24, 2.45) is 4.99 Å². The average Bonchev–Trinajstić information content (AvgIpc) is 3.36. The molecular formula is C23H14Cl2F2N2O. The van der Waals surface area contributed by atoms with Crippen LogP contribution in [0.2, 0.25) is 10.0 Å². The topological polar surface area (TPSA) is 38.4 Å². The van der Waals surface area contributed by atoms with Crippen LogP contribution in [0.5, 0.6) is 0 Å². The lowest BCUT2D eigenvalue weighted by Gasteiger charge is -2.07. The summed E-state index contributed by atoms with van der Waals surface area (Å²) in [5.74, 6) is -0.733. The normalized spacial score (nSPS) is 16.3. The van der Waals surface area contributed by atoms with Crippen molar-refractivity contribution in [3.8, 4) is 11.5 Å². The van der Waals surface area contributed by atoms with Crippen LogP contribution in [0.3, 0.4) is 0 Å². The first-order chi connectivity index (χ1) is 14.5. The molecular weight excluding hydrogens is 429 g/mol. The molecule has 0 N–H and O–H groups in total. The largest absolute Gasteiger partial charge is 0.435 e. The predicted molar refractivity (Wildman–Crippen MR) is 114 cm³/mol. The zero-order valence-corrected chi connectivity index (χ0v) is 17.0. The first-order valence-corrected chi connectivity index (χ1v) is 10.1. The molecule has 4 aromatic rings. The molecule has 3 aromatic carbocycles. The molecule has 1 atom stereocenters. The van der Waals surface area contributed by atoms with Gasteiger partial charge in [0.05, 0.1) is 16.6 Å². The Balaban J connectivity index is 1.43. The molecule has 30 heavy (non-hydrogen) atoms. The Hall–Kier alpha value is -2.76. The molecule has 2 heterocycles. The average molecular weight is 443 g/mol. The van der Waals surface area contributed by atoms with Gasteiger partial charge in [-0.2, -0.15) is 0 Å². The highest BCUT2D eigenvalue weighted by Crippen LogP contribution is 2.35. The van der Waals surface area contributed by atoms with Crippen LogP contribution in [0.4, 0.5) is 8.78 Å². The Morgan fingerprint density at radius 1 is 0.967 bits per heavy atom. The van der Waals surface area contributed by atoms with Gasteiger partial charge in [0.15, 0.2) is 5.58 Å². The Kier molecular flexibility index (Phi) is 4.80. The Bertz CT molecular complexity index is 1280. The van der Waals surface area contributed by atoms with Gasteiger partial charge in [0.1, 0.15) is 17.2 Å². The van der Waals surface area contributed by atoms with Gasteiger partial charge in [0.2, 0.25) is 5.89 Å². The second-order valence-electron chi connectivity index (χ2n) is 7.10. The fourth-order valence-corrected chi connectivity index (χ4v) is 4.25. The maximum Gasteiger partial charge on any atom is 0.227 e. The summed E-state index contributed by atoms with van der Waals surface area (Å²) in [5.41, 5.74) is 3.25. The summed E-state index contributed by atoms with van der Waals surface area (Å²) in [5, 5.41) is 0.893. The third-order valence-corrected chi connectivity index (χ3v) is 5.67. The smallest absolute Gasteiger partial charge is 0.227 e. The summed E-state index contributed by atoms with van der Waals surface area (Å²) < 4.78 is 33.9. The van der Waals surface area contributed by atoms with E-state index < -0.39 is 11.6 Å². The van der Waals surface area contributed by atoms with Crippen LogP contribution in [-0.4, -0.2) is 10.7 Å². The monoisotopic (exact) mass is 442 g/mol. The van der Waals surface area contributed by atoms with Crippen LogP contribution in [-0.2, 0) is 0 Å². The van der Waals surface area contributed by atoms with Gasteiger partial charge in [-0.3, -0.25) is 4.99 Å². The van der Waals surface area contributed by atoms with Crippen molar-refractivity contribution >= 4 is 40.0 Å². The van der Waals surface area contributed by atoms with Gasteiger partial charge < -0.3 is 4.42 Å². The Morgan fingerprint density at radius 3 is 2.43 bits per heavy atom. The summed E-state index contributed by atoms with van der Waals surface area (Å²) in [6, 6.07) is 14.6. The number of benzene rings is 3. The zero-order valence-electron chi connectivity index (χ0n) is 15.5. The van der Waals surface area contributed by atoms with E-state index in [4.69, 9.17) is 27.6 Å². The lowest BCUT2D eigenvalue weighted by atomic mass is 10.0. The molecule has 0 aliphatic carbocycles. The zero-order chi connectivity index (χ0) is 20.8. The van der Waals surface area contributed by atoms with Crippen LogP contribution in [0, 0.1) is 11.6 Å². The third kappa shape index (κ3) is 3.38. The van der Waals surface area contributed by atoms with E-state index in [1.165, 1.54) is 18.2 Å². The minimum absolute atomic E-state index is 0.0290. The quantitative estimate of drug-likeness (QED) is 0.331. The standard InChI is InChI=1S/C23H14Cl2F2N2O/c24-14-10-15(25)22-20(11-14)29-23(30-22)13-6-4-12(5-7-13)18-8-9-19(28-18)21-16(26)2-1-3-17(21)27/h1-7,10-11,18H,8-9H2. The van der Waals surface area contributed by atoms with Crippen LogP contribution in [0.1, 0.15) is 30.0 Å². The number of aromatic nitrogens is 1. The highest BCUT2D eigenvalue weighted by Gasteiger charge is 2.24. The maximum absolute atomic E-state index is 14.1. The molecule has 1 aliphatic heterocycles. The number of rotatable bonds is 3. The minimum atomic E-state index is -0.584. The minimum Gasteiger partial charge on any atom is -0.435 e. The summed E-state index contributed by atoms with van der Waals surface area (Å²) in [7, 11) is 0. The van der Waals surface area contributed by atoms with E-state index in [1.54, 1.807) is 12.1 Å². The molecule has 1 unspecified atom stereocenters. The third-order valence-electron chi connectivity index (χ3n) is 5.17. The van der Waals surface area contributed by atoms with Gasteiger partial charge in [0, 0.05) is 16.3 Å². The molecule has 150 valence electrons. The fraction of sp³-hybridized carbons (Fsp3) is 0.130. The number of oxazole rings is 1. The van der Waals surface area contributed by atoms with Crippen molar-refractivity contribution < 1.29 is 13.2 Å². The molecule has 0 radical (unpaired) electrons. The summed E-state index contributed by atoms with van der Waals surface area (Å²) >= 11 is 12.2. The van der Waals surface area contributed by atoms with E-state index >= 15 is 0 Å². The van der Waals surface area contributed by atoms with E-state index in [-0.39, 0.29) is 11.6 Å². The van der Waals surface area contributed by atoms with E-state index in [1.807, 2.05) is 24.3 Å². The number of hydrogen-bond acceptors (Lipinski definition) is 3. The SMILES string of the molecule is Fc1cccc(F)c1C1=NC(c2ccc(-c3nc4cc(Cl)cc(Cl)c4o3)cc2)CC1. The van der Waals surface area contributed by atoms with Gasteiger partial charge in [-0.1, -0.05) is 41.4 Å². The number of aliphatic imine (C=N–C) groups is 1. The molecule has 0 saturated heterocycles. The fourth-order valence-electron chi connectivity index (χ4n) is 3.73. The van der Waals surface area contributed by atoms with E-state index in [2.05, 4.69) is 9.98 Å². The van der Waals surface area contributed by atoms with Gasteiger partial charge in [-0.25, -0.2) is 13.8 Å². The lowest BCUT2D eigenvalue weighted by Crippen LogP contribution is -2.03. The number of hydrogen-bond donors (Lipinski definition) is 0. The molecule has 5 rings (SSSR count). The van der Waals surface area contributed by atoms with Crippen molar-refractivity contribution in [2.45, 2.75) is 18.9 Å². The van der Waals surface area contributed by atoms with Crippen LogP contribution >= 0.6 is 23.2 Å². The van der Waals surface area contributed by atoms with Crippen molar-refractivity contribution in [3.05, 3.63) is 87.4 Å². The van der Waals surface area contributed by atoms with Crippen LogP contribution in [0.15, 0.2) is 64.0 Å². The second-order valence-corrected chi connectivity index (χ2v) is 7.95. The molecule has 1 aromatic heterocycles. The lowest BCUT2D eigenvalue weighted by molar-refractivity contribution is 0.578. The van der Waals surface area contributed by atoms with E-state index in [0.717, 1.165) is 11.1 Å². The number of halogens is 4. The predicted octanol–water partition coefficient (Wildman–Crippen LogP) is 7.40. The molecule has 0 bridgehead atoms. The Morgan fingerprint density at radius 2 is 1.70 bits per heavy atom.